The van der Waals surface area contributed by atoms with Crippen molar-refractivity contribution in [3.05, 3.63) is 0 Å². The van der Waals surface area contributed by atoms with Gasteiger partial charge >= 0.3 is 0 Å². The lowest BCUT2D eigenvalue weighted by Gasteiger charge is -2.31. The molecule has 2 rings (SSSR count). The summed E-state index contributed by atoms with van der Waals surface area (Å²) in [5.41, 5.74) is 0. The van der Waals surface area contributed by atoms with Crippen LogP contribution in [-0.4, -0.2) is 62.3 Å². The molecule has 1 unspecified atom stereocenters. The van der Waals surface area contributed by atoms with Gasteiger partial charge in [0.25, 0.3) is 5.91 Å². The maximum absolute atomic E-state index is 12.1. The van der Waals surface area contributed by atoms with Crippen LogP contribution in [0.2, 0.25) is 0 Å². The van der Waals surface area contributed by atoms with Crippen LogP contribution in [0.15, 0.2) is 0 Å². The molecule has 0 aromatic heterocycles. The van der Waals surface area contributed by atoms with Gasteiger partial charge in [-0.05, 0) is 19.4 Å². The summed E-state index contributed by atoms with van der Waals surface area (Å²) in [6.45, 7) is 6.98. The minimum atomic E-state index is -0.295. The molecule has 0 aromatic rings. The van der Waals surface area contributed by atoms with E-state index in [0.29, 0.717) is 19.2 Å². The number of ether oxygens (including phenoxy) is 1. The summed E-state index contributed by atoms with van der Waals surface area (Å²) in [6.07, 6.45) is 7.70. The van der Waals surface area contributed by atoms with Crippen molar-refractivity contribution in [3.63, 3.8) is 0 Å². The third-order valence-electron chi connectivity index (χ3n) is 4.60. The lowest BCUT2D eigenvalue weighted by atomic mass is 10.1. The number of carbonyl (C=O) groups is 1. The average Bonchev–Trinajstić information content (AvgIpc) is 2.80. The van der Waals surface area contributed by atoms with Gasteiger partial charge in [0.2, 0.25) is 0 Å². The largest absolute Gasteiger partial charge is 0.366 e. The minimum absolute atomic E-state index is 0. The molecule has 1 saturated heterocycles. The zero-order valence-electron chi connectivity index (χ0n) is 14.2. The highest BCUT2D eigenvalue weighted by Gasteiger charge is 2.25. The van der Waals surface area contributed by atoms with Crippen molar-refractivity contribution in [2.75, 3.05) is 39.3 Å². The van der Waals surface area contributed by atoms with Crippen molar-refractivity contribution in [3.8, 4) is 0 Å². The highest BCUT2D eigenvalue weighted by molar-refractivity contribution is 5.85. The number of halogens is 2. The third-order valence-corrected chi connectivity index (χ3v) is 4.60. The number of morpholine rings is 1. The van der Waals surface area contributed by atoms with Gasteiger partial charge in [-0.1, -0.05) is 32.6 Å². The second-order valence-electron chi connectivity index (χ2n) is 6.19. The van der Waals surface area contributed by atoms with Gasteiger partial charge in [0.1, 0.15) is 6.10 Å². The number of rotatable bonds is 6. The molecule has 1 amide bonds. The number of nitrogens with zero attached hydrogens (tertiary/aromatic N) is 1. The summed E-state index contributed by atoms with van der Waals surface area (Å²) in [6, 6.07) is 0.644. The molecular formula is C16H33Cl2N3O2. The van der Waals surface area contributed by atoms with Crippen molar-refractivity contribution >= 4 is 30.7 Å². The van der Waals surface area contributed by atoms with Crippen molar-refractivity contribution in [1.82, 2.24) is 15.5 Å². The van der Waals surface area contributed by atoms with Crippen LogP contribution in [0.4, 0.5) is 0 Å². The van der Waals surface area contributed by atoms with E-state index in [0.717, 1.165) is 26.2 Å². The number of likely N-dealkylation sites (N-methyl/N-ethyl adjacent to an activating group) is 1. The van der Waals surface area contributed by atoms with E-state index in [9.17, 15) is 4.79 Å². The first-order valence-electron chi connectivity index (χ1n) is 8.64. The fourth-order valence-corrected chi connectivity index (χ4v) is 3.21. The van der Waals surface area contributed by atoms with Crippen LogP contribution < -0.4 is 10.6 Å². The highest BCUT2D eigenvalue weighted by atomic mass is 35.5. The monoisotopic (exact) mass is 369 g/mol. The van der Waals surface area contributed by atoms with Crippen LogP contribution in [0.5, 0.6) is 0 Å². The molecule has 1 heterocycles. The van der Waals surface area contributed by atoms with E-state index in [1.807, 2.05) is 0 Å². The Morgan fingerprint density at radius 1 is 1.13 bits per heavy atom. The predicted molar refractivity (Wildman–Crippen MR) is 98.9 cm³/mol. The summed E-state index contributed by atoms with van der Waals surface area (Å²) >= 11 is 0. The SMILES string of the molecule is CCN1CCOC(C(=O)NCCNC2CCCCCC2)C1.Cl.Cl. The van der Waals surface area contributed by atoms with Gasteiger partial charge in [-0.2, -0.15) is 0 Å². The van der Waals surface area contributed by atoms with Gasteiger partial charge in [0, 0.05) is 32.2 Å². The fourth-order valence-electron chi connectivity index (χ4n) is 3.21. The summed E-state index contributed by atoms with van der Waals surface area (Å²) in [5.74, 6) is 0.0378. The first-order valence-corrected chi connectivity index (χ1v) is 8.64. The van der Waals surface area contributed by atoms with Crippen LogP contribution >= 0.6 is 24.8 Å². The zero-order valence-corrected chi connectivity index (χ0v) is 15.9. The first-order chi connectivity index (χ1) is 10.3. The molecule has 0 radical (unpaired) electrons. The van der Waals surface area contributed by atoms with Crippen molar-refractivity contribution < 1.29 is 9.53 Å². The number of nitrogens with one attached hydrogen (secondary N) is 2. The summed E-state index contributed by atoms with van der Waals surface area (Å²) in [5, 5.41) is 6.57. The lowest BCUT2D eigenvalue weighted by molar-refractivity contribution is -0.138. The molecule has 23 heavy (non-hydrogen) atoms. The molecule has 2 aliphatic rings. The average molecular weight is 370 g/mol. The molecule has 1 saturated carbocycles. The van der Waals surface area contributed by atoms with Crippen molar-refractivity contribution in [2.45, 2.75) is 57.6 Å². The maximum atomic E-state index is 12.1. The molecule has 7 heteroatoms. The van der Waals surface area contributed by atoms with E-state index in [2.05, 4.69) is 22.5 Å². The van der Waals surface area contributed by atoms with Crippen molar-refractivity contribution in [2.24, 2.45) is 0 Å². The Labute approximate surface area is 153 Å². The molecule has 1 atom stereocenters. The van der Waals surface area contributed by atoms with E-state index in [1.54, 1.807) is 0 Å². The predicted octanol–water partition coefficient (Wildman–Crippen LogP) is 1.98. The molecule has 138 valence electrons. The fraction of sp³-hybridized carbons (Fsp3) is 0.938. The normalized spacial score (nSPS) is 23.3. The summed E-state index contributed by atoms with van der Waals surface area (Å²) < 4.78 is 5.56. The Bertz CT molecular complexity index is 314. The Balaban J connectivity index is 0.00000242. The van der Waals surface area contributed by atoms with Gasteiger partial charge in [-0.25, -0.2) is 0 Å². The molecule has 2 fully saturated rings. The van der Waals surface area contributed by atoms with Crippen LogP contribution in [0, 0.1) is 0 Å². The van der Waals surface area contributed by atoms with Gasteiger partial charge < -0.3 is 15.4 Å². The van der Waals surface area contributed by atoms with Gasteiger partial charge in [-0.3, -0.25) is 9.69 Å². The van der Waals surface area contributed by atoms with E-state index in [4.69, 9.17) is 4.74 Å². The third kappa shape index (κ3) is 8.54. The van der Waals surface area contributed by atoms with Crippen LogP contribution in [0.25, 0.3) is 0 Å². The summed E-state index contributed by atoms with van der Waals surface area (Å²) in [7, 11) is 0. The van der Waals surface area contributed by atoms with Gasteiger partial charge in [0.05, 0.1) is 6.61 Å². The van der Waals surface area contributed by atoms with E-state index < -0.39 is 0 Å². The molecule has 0 bridgehead atoms. The van der Waals surface area contributed by atoms with Crippen LogP contribution in [0.3, 0.4) is 0 Å². The first kappa shape index (κ1) is 22.9. The topological polar surface area (TPSA) is 53.6 Å². The quantitative estimate of drug-likeness (QED) is 0.555. The Hall–Kier alpha value is -0.0700. The van der Waals surface area contributed by atoms with E-state index >= 15 is 0 Å². The molecule has 0 spiro atoms. The van der Waals surface area contributed by atoms with Gasteiger partial charge in [-0.15, -0.1) is 24.8 Å². The van der Waals surface area contributed by atoms with Crippen molar-refractivity contribution in [1.29, 1.82) is 0 Å². The number of amides is 1. The molecular weight excluding hydrogens is 337 g/mol. The smallest absolute Gasteiger partial charge is 0.250 e. The number of hydrogen-bond donors (Lipinski definition) is 2. The summed E-state index contributed by atoms with van der Waals surface area (Å²) in [4.78, 5) is 14.3. The Morgan fingerprint density at radius 2 is 1.83 bits per heavy atom. The Morgan fingerprint density at radius 3 is 2.48 bits per heavy atom. The molecule has 0 aromatic carbocycles. The highest BCUT2D eigenvalue weighted by Crippen LogP contribution is 2.16. The molecule has 5 nitrogen and oxygen atoms in total. The van der Waals surface area contributed by atoms with E-state index in [-0.39, 0.29) is 36.8 Å². The standard InChI is InChI=1S/C16H31N3O2.2ClH/c1-2-19-11-12-21-15(13-19)16(20)18-10-9-17-14-7-5-3-4-6-8-14;;/h14-15,17H,2-13H2,1H3,(H,18,20);2*1H. The number of hydrogen-bond acceptors (Lipinski definition) is 4. The molecule has 1 aliphatic carbocycles. The lowest BCUT2D eigenvalue weighted by Crippen LogP contribution is -2.50. The molecule has 1 aliphatic heterocycles. The van der Waals surface area contributed by atoms with Gasteiger partial charge in [0.15, 0.2) is 0 Å². The number of carbonyl (C=O) groups excluding carboxylic acids is 1. The van der Waals surface area contributed by atoms with E-state index in [1.165, 1.54) is 38.5 Å². The minimum Gasteiger partial charge on any atom is -0.366 e. The second-order valence-corrected chi connectivity index (χ2v) is 6.19. The second kappa shape index (κ2) is 13.2. The Kier molecular flexibility index (Phi) is 13.2. The maximum Gasteiger partial charge on any atom is 0.250 e. The van der Waals surface area contributed by atoms with Crippen LogP contribution in [0.1, 0.15) is 45.4 Å². The molecule has 2 N–H and O–H groups in total. The van der Waals surface area contributed by atoms with Crippen LogP contribution in [-0.2, 0) is 9.53 Å². The zero-order chi connectivity index (χ0) is 14.9.